The summed E-state index contributed by atoms with van der Waals surface area (Å²) in [4.78, 5) is 5.20. The molecule has 0 spiro atoms. The molecule has 0 saturated carbocycles. The van der Waals surface area contributed by atoms with Gasteiger partial charge in [-0.15, -0.1) is 0 Å². The Bertz CT molecular complexity index is 730. The first-order chi connectivity index (χ1) is 12.7. The molecule has 2 aliphatic rings. The Morgan fingerprint density at radius 2 is 2.04 bits per heavy atom. The molecule has 1 fully saturated rings. The van der Waals surface area contributed by atoms with Gasteiger partial charge in [0, 0.05) is 32.4 Å². The van der Waals surface area contributed by atoms with Crippen molar-refractivity contribution in [2.45, 2.75) is 51.4 Å². The summed E-state index contributed by atoms with van der Waals surface area (Å²) in [5.41, 5.74) is 2.72. The third kappa shape index (κ3) is 3.43. The topological polar surface area (TPSA) is 62.4 Å². The van der Waals surface area contributed by atoms with Crippen molar-refractivity contribution >= 4 is 0 Å². The zero-order valence-corrected chi connectivity index (χ0v) is 15.9. The lowest BCUT2D eigenvalue weighted by Gasteiger charge is -2.40. The Hall–Kier alpha value is -1.70. The van der Waals surface area contributed by atoms with E-state index in [-0.39, 0.29) is 0 Å². The molecule has 142 valence electrons. The molecule has 26 heavy (non-hydrogen) atoms. The number of nitrogens with zero attached hydrogens (tertiary/aromatic N) is 6. The summed E-state index contributed by atoms with van der Waals surface area (Å²) < 4.78 is 3.77. The SMILES string of the molecule is CCCN1CCC(N2CCn3nc(C(O)c4ccnn4C)cc3C2)CC1. The number of aromatic nitrogens is 4. The molecule has 4 heterocycles. The van der Waals surface area contributed by atoms with E-state index in [1.165, 1.54) is 44.6 Å². The molecule has 2 aliphatic heterocycles. The van der Waals surface area contributed by atoms with Crippen molar-refractivity contribution in [3.8, 4) is 0 Å². The zero-order chi connectivity index (χ0) is 18.1. The Balaban J connectivity index is 1.42. The van der Waals surface area contributed by atoms with Gasteiger partial charge in [0.25, 0.3) is 0 Å². The lowest BCUT2D eigenvalue weighted by Crippen LogP contribution is -2.47. The van der Waals surface area contributed by atoms with Crippen LogP contribution in [-0.4, -0.2) is 66.7 Å². The molecular weight excluding hydrogens is 328 g/mol. The Labute approximate surface area is 155 Å². The first kappa shape index (κ1) is 17.7. The molecule has 7 heteroatoms. The Kier molecular flexibility index (Phi) is 5.11. The van der Waals surface area contributed by atoms with Gasteiger partial charge in [-0.25, -0.2) is 0 Å². The third-order valence-electron chi connectivity index (χ3n) is 5.88. The first-order valence-electron chi connectivity index (χ1n) is 9.84. The Morgan fingerprint density at radius 3 is 2.73 bits per heavy atom. The van der Waals surface area contributed by atoms with E-state index < -0.39 is 6.10 Å². The summed E-state index contributed by atoms with van der Waals surface area (Å²) in [6.45, 7) is 8.82. The summed E-state index contributed by atoms with van der Waals surface area (Å²) in [5.74, 6) is 0. The van der Waals surface area contributed by atoms with Crippen molar-refractivity contribution in [2.24, 2.45) is 7.05 Å². The standard InChI is InChI=1S/C19H30N6O/c1-3-8-23-9-5-15(6-10-23)24-11-12-25-16(14-24)13-17(21-25)19(26)18-4-7-20-22(18)2/h4,7,13,15,19,26H,3,5-6,8-12,14H2,1-2H3. The van der Waals surface area contributed by atoms with Crippen LogP contribution in [0.3, 0.4) is 0 Å². The largest absolute Gasteiger partial charge is 0.380 e. The van der Waals surface area contributed by atoms with Crippen molar-refractivity contribution in [1.82, 2.24) is 29.4 Å². The van der Waals surface area contributed by atoms with Gasteiger partial charge in [0.2, 0.25) is 0 Å². The van der Waals surface area contributed by atoms with Crippen LogP contribution in [0.2, 0.25) is 0 Å². The van der Waals surface area contributed by atoms with Gasteiger partial charge in [0.1, 0.15) is 6.10 Å². The van der Waals surface area contributed by atoms with Gasteiger partial charge in [-0.05, 0) is 51.0 Å². The molecule has 1 saturated heterocycles. The zero-order valence-electron chi connectivity index (χ0n) is 15.9. The van der Waals surface area contributed by atoms with Gasteiger partial charge in [-0.2, -0.15) is 10.2 Å². The van der Waals surface area contributed by atoms with Crippen LogP contribution < -0.4 is 0 Å². The van der Waals surface area contributed by atoms with Crippen molar-refractivity contribution in [1.29, 1.82) is 0 Å². The third-order valence-corrected chi connectivity index (χ3v) is 5.88. The fraction of sp³-hybridized carbons (Fsp3) is 0.684. The van der Waals surface area contributed by atoms with Gasteiger partial charge < -0.3 is 10.0 Å². The van der Waals surface area contributed by atoms with Crippen molar-refractivity contribution in [3.63, 3.8) is 0 Å². The summed E-state index contributed by atoms with van der Waals surface area (Å²) in [6, 6.07) is 4.59. The van der Waals surface area contributed by atoms with E-state index in [9.17, 15) is 5.11 Å². The molecule has 1 unspecified atom stereocenters. The normalized spacial score (nSPS) is 21.0. The van der Waals surface area contributed by atoms with Gasteiger partial charge in [0.05, 0.1) is 23.6 Å². The highest BCUT2D eigenvalue weighted by Gasteiger charge is 2.29. The minimum absolute atomic E-state index is 0.678. The van der Waals surface area contributed by atoms with Crippen molar-refractivity contribution < 1.29 is 5.11 Å². The minimum atomic E-state index is -0.716. The molecule has 0 aromatic carbocycles. The molecule has 2 aromatic heterocycles. The molecule has 1 atom stereocenters. The molecule has 0 bridgehead atoms. The summed E-state index contributed by atoms with van der Waals surface area (Å²) >= 11 is 0. The average molecular weight is 358 g/mol. The number of aryl methyl sites for hydroxylation is 1. The second kappa shape index (κ2) is 7.50. The molecule has 1 N–H and O–H groups in total. The van der Waals surface area contributed by atoms with Crippen LogP contribution in [0.4, 0.5) is 0 Å². The van der Waals surface area contributed by atoms with Crippen molar-refractivity contribution in [2.75, 3.05) is 26.2 Å². The number of aliphatic hydroxyl groups is 1. The summed E-state index contributed by atoms with van der Waals surface area (Å²) in [5, 5.41) is 19.5. The molecule has 2 aromatic rings. The number of fused-ring (bicyclic) bond motifs is 1. The fourth-order valence-corrected chi connectivity index (χ4v) is 4.38. The highest BCUT2D eigenvalue weighted by Crippen LogP contribution is 2.26. The van der Waals surface area contributed by atoms with E-state index in [4.69, 9.17) is 0 Å². The monoisotopic (exact) mass is 358 g/mol. The molecule has 7 nitrogen and oxygen atoms in total. The lowest BCUT2D eigenvalue weighted by atomic mass is 10.0. The quantitative estimate of drug-likeness (QED) is 0.875. The van der Waals surface area contributed by atoms with E-state index in [2.05, 4.69) is 37.7 Å². The second-order valence-electron chi connectivity index (χ2n) is 7.61. The number of rotatable bonds is 5. The van der Waals surface area contributed by atoms with Gasteiger partial charge in [-0.3, -0.25) is 14.3 Å². The highest BCUT2D eigenvalue weighted by molar-refractivity contribution is 5.22. The van der Waals surface area contributed by atoms with E-state index >= 15 is 0 Å². The lowest BCUT2D eigenvalue weighted by molar-refractivity contribution is 0.0848. The van der Waals surface area contributed by atoms with Gasteiger partial charge in [-0.1, -0.05) is 6.92 Å². The molecule has 0 amide bonds. The van der Waals surface area contributed by atoms with Crippen molar-refractivity contribution in [3.05, 3.63) is 35.4 Å². The fourth-order valence-electron chi connectivity index (χ4n) is 4.38. The molecule has 0 aliphatic carbocycles. The highest BCUT2D eigenvalue weighted by atomic mass is 16.3. The van der Waals surface area contributed by atoms with Crippen LogP contribution in [-0.2, 0) is 20.1 Å². The maximum atomic E-state index is 10.6. The van der Waals surface area contributed by atoms with Crippen LogP contribution in [0.25, 0.3) is 0 Å². The average Bonchev–Trinajstić information content (AvgIpc) is 3.27. The summed E-state index contributed by atoms with van der Waals surface area (Å²) in [6.07, 6.45) is 4.76. The Morgan fingerprint density at radius 1 is 1.23 bits per heavy atom. The van der Waals surface area contributed by atoms with Crippen LogP contribution in [0.5, 0.6) is 0 Å². The smallest absolute Gasteiger partial charge is 0.139 e. The molecule has 0 radical (unpaired) electrons. The summed E-state index contributed by atoms with van der Waals surface area (Å²) in [7, 11) is 1.85. The van der Waals surface area contributed by atoms with Gasteiger partial charge in [0.15, 0.2) is 0 Å². The molecule has 4 rings (SSSR count). The van der Waals surface area contributed by atoms with Crippen LogP contribution in [0.1, 0.15) is 49.4 Å². The van der Waals surface area contributed by atoms with Gasteiger partial charge >= 0.3 is 0 Å². The molecular formula is C19H30N6O. The predicted octanol–water partition coefficient (Wildman–Crippen LogP) is 1.39. The maximum Gasteiger partial charge on any atom is 0.139 e. The van der Waals surface area contributed by atoms with Crippen LogP contribution >= 0.6 is 0 Å². The number of likely N-dealkylation sites (tertiary alicyclic amines) is 1. The predicted molar refractivity (Wildman–Crippen MR) is 99.7 cm³/mol. The second-order valence-corrected chi connectivity index (χ2v) is 7.61. The first-order valence-corrected chi connectivity index (χ1v) is 9.84. The van der Waals surface area contributed by atoms with E-state index in [0.717, 1.165) is 31.0 Å². The van der Waals surface area contributed by atoms with E-state index in [0.29, 0.717) is 6.04 Å². The minimum Gasteiger partial charge on any atom is -0.380 e. The number of aliphatic hydroxyl groups excluding tert-OH is 1. The van der Waals surface area contributed by atoms with E-state index in [1.54, 1.807) is 10.9 Å². The number of hydrogen-bond acceptors (Lipinski definition) is 5. The number of piperidine rings is 1. The number of hydrogen-bond donors (Lipinski definition) is 1. The van der Waals surface area contributed by atoms with Crippen LogP contribution in [0, 0.1) is 0 Å². The maximum absolute atomic E-state index is 10.6. The van der Waals surface area contributed by atoms with E-state index in [1.807, 2.05) is 13.1 Å². The van der Waals surface area contributed by atoms with Crippen LogP contribution in [0.15, 0.2) is 18.3 Å².